The molecule has 0 aliphatic carbocycles. The molecule has 2 atom stereocenters. The monoisotopic (exact) mass is 309 g/mol. The third-order valence-corrected chi connectivity index (χ3v) is 4.44. The van der Waals surface area contributed by atoms with Crippen LogP contribution in [-0.2, 0) is 9.53 Å². The molecule has 3 nitrogen and oxygen atoms in total. The van der Waals surface area contributed by atoms with Crippen molar-refractivity contribution >= 4 is 11.7 Å². The van der Waals surface area contributed by atoms with Crippen LogP contribution in [0.15, 0.2) is 60.7 Å². The summed E-state index contributed by atoms with van der Waals surface area (Å²) >= 11 is 0. The van der Waals surface area contributed by atoms with E-state index in [1.54, 1.807) is 0 Å². The van der Waals surface area contributed by atoms with E-state index < -0.39 is 0 Å². The summed E-state index contributed by atoms with van der Waals surface area (Å²) in [5.41, 5.74) is 2.21. The smallest absolute Gasteiger partial charge is 0.313 e. The van der Waals surface area contributed by atoms with Gasteiger partial charge in [0.15, 0.2) is 0 Å². The summed E-state index contributed by atoms with van der Waals surface area (Å²) < 4.78 is 5.78. The predicted octanol–water partition coefficient (Wildman–Crippen LogP) is 4.00. The van der Waals surface area contributed by atoms with Crippen LogP contribution < -0.4 is 4.90 Å². The number of benzene rings is 2. The zero-order valence-electron chi connectivity index (χ0n) is 13.5. The maximum atomic E-state index is 12.4. The van der Waals surface area contributed by atoms with Gasteiger partial charge in [0.05, 0.1) is 12.5 Å². The summed E-state index contributed by atoms with van der Waals surface area (Å²) in [5.74, 6) is -0.348. The first kappa shape index (κ1) is 15.6. The topological polar surface area (TPSA) is 29.5 Å². The number of hydrogen-bond acceptors (Lipinski definition) is 3. The lowest BCUT2D eigenvalue weighted by Gasteiger charge is -2.34. The highest BCUT2D eigenvalue weighted by atomic mass is 16.5. The van der Waals surface area contributed by atoms with E-state index in [-0.39, 0.29) is 18.0 Å². The highest BCUT2D eigenvalue weighted by molar-refractivity contribution is 5.77. The van der Waals surface area contributed by atoms with Crippen LogP contribution in [0, 0.1) is 0 Å². The first-order chi connectivity index (χ1) is 11.2. The molecule has 23 heavy (non-hydrogen) atoms. The number of anilines is 1. The summed E-state index contributed by atoms with van der Waals surface area (Å²) in [6.45, 7) is 3.71. The largest absolute Gasteiger partial charge is 0.460 e. The Labute approximate surface area is 137 Å². The number of esters is 1. The zero-order valence-corrected chi connectivity index (χ0v) is 13.5. The molecule has 1 fully saturated rings. The predicted molar refractivity (Wildman–Crippen MR) is 92.6 cm³/mol. The molecule has 1 heterocycles. The summed E-state index contributed by atoms with van der Waals surface area (Å²) in [6, 6.07) is 20.1. The van der Waals surface area contributed by atoms with Gasteiger partial charge in [-0.1, -0.05) is 48.5 Å². The van der Waals surface area contributed by atoms with Crippen LogP contribution in [0.4, 0.5) is 5.69 Å². The van der Waals surface area contributed by atoms with Crippen LogP contribution in [-0.4, -0.2) is 25.2 Å². The van der Waals surface area contributed by atoms with E-state index in [0.717, 1.165) is 31.5 Å². The molecule has 0 N–H and O–H groups in total. The molecule has 0 bridgehead atoms. The summed E-state index contributed by atoms with van der Waals surface area (Å²) in [5, 5.41) is 0. The van der Waals surface area contributed by atoms with Gasteiger partial charge in [-0.3, -0.25) is 4.79 Å². The van der Waals surface area contributed by atoms with Crippen LogP contribution in [0.2, 0.25) is 0 Å². The van der Waals surface area contributed by atoms with E-state index >= 15 is 0 Å². The average Bonchev–Trinajstić information content (AvgIpc) is 2.63. The molecule has 3 heteroatoms. The Morgan fingerprint density at radius 1 is 1.09 bits per heavy atom. The second-order valence-electron chi connectivity index (χ2n) is 6.12. The molecule has 2 aromatic rings. The maximum absolute atomic E-state index is 12.4. The minimum Gasteiger partial charge on any atom is -0.460 e. The van der Waals surface area contributed by atoms with E-state index in [4.69, 9.17) is 4.74 Å². The third kappa shape index (κ3) is 3.92. The molecule has 2 unspecified atom stereocenters. The lowest BCUT2D eigenvalue weighted by atomic mass is 10.0. The third-order valence-electron chi connectivity index (χ3n) is 4.44. The minimum atomic E-state index is -0.219. The van der Waals surface area contributed by atoms with Crippen molar-refractivity contribution in [1.82, 2.24) is 0 Å². The summed E-state index contributed by atoms with van der Waals surface area (Å²) in [6.07, 6.45) is 1.96. The molecule has 3 rings (SSSR count). The second kappa shape index (κ2) is 7.32. The molecule has 1 aliphatic rings. The number of carbonyl (C=O) groups excluding carboxylic acids is 1. The summed E-state index contributed by atoms with van der Waals surface area (Å²) in [7, 11) is 0. The molecule has 0 aromatic heterocycles. The van der Waals surface area contributed by atoms with Gasteiger partial charge in [-0.15, -0.1) is 0 Å². The molecule has 120 valence electrons. The Morgan fingerprint density at radius 3 is 2.43 bits per heavy atom. The first-order valence-electron chi connectivity index (χ1n) is 8.29. The summed E-state index contributed by atoms with van der Waals surface area (Å²) in [4.78, 5) is 14.7. The van der Waals surface area contributed by atoms with Crippen molar-refractivity contribution in [3.8, 4) is 0 Å². The molecule has 1 aliphatic heterocycles. The van der Waals surface area contributed by atoms with E-state index in [1.807, 2.05) is 55.5 Å². The molecule has 2 aromatic carbocycles. The number of hydrogen-bond donors (Lipinski definition) is 0. The Hall–Kier alpha value is -2.29. The number of para-hydroxylation sites is 1. The Morgan fingerprint density at radius 2 is 1.74 bits per heavy atom. The van der Waals surface area contributed by atoms with Gasteiger partial charge in [0, 0.05) is 12.2 Å². The highest BCUT2D eigenvalue weighted by Gasteiger charge is 2.26. The van der Waals surface area contributed by atoms with Gasteiger partial charge < -0.3 is 9.64 Å². The Balaban J connectivity index is 1.60. The SMILES string of the molecule is CC(C(=O)OC1CCCN(c2ccccc2)C1)c1ccccc1. The van der Waals surface area contributed by atoms with E-state index in [0.29, 0.717) is 0 Å². The zero-order chi connectivity index (χ0) is 16.1. The van der Waals surface area contributed by atoms with Crippen LogP contribution in [0.5, 0.6) is 0 Å². The quantitative estimate of drug-likeness (QED) is 0.799. The van der Waals surface area contributed by atoms with Gasteiger partial charge in [0.25, 0.3) is 0 Å². The number of rotatable bonds is 4. The Bertz CT molecular complexity index is 627. The van der Waals surface area contributed by atoms with Gasteiger partial charge in [0.2, 0.25) is 0 Å². The van der Waals surface area contributed by atoms with Crippen molar-refractivity contribution < 1.29 is 9.53 Å². The molecule has 0 amide bonds. The van der Waals surface area contributed by atoms with Crippen molar-refractivity contribution in [3.63, 3.8) is 0 Å². The number of carbonyl (C=O) groups is 1. The van der Waals surface area contributed by atoms with Crippen molar-refractivity contribution in [2.45, 2.75) is 31.8 Å². The number of ether oxygens (including phenoxy) is 1. The van der Waals surface area contributed by atoms with Gasteiger partial charge in [0.1, 0.15) is 6.10 Å². The van der Waals surface area contributed by atoms with Crippen molar-refractivity contribution in [2.24, 2.45) is 0 Å². The van der Waals surface area contributed by atoms with Gasteiger partial charge in [-0.25, -0.2) is 0 Å². The van der Waals surface area contributed by atoms with Crippen LogP contribution in [0.25, 0.3) is 0 Å². The van der Waals surface area contributed by atoms with Crippen LogP contribution in [0.1, 0.15) is 31.2 Å². The Kier molecular flexibility index (Phi) is 4.96. The molecule has 0 radical (unpaired) electrons. The first-order valence-corrected chi connectivity index (χ1v) is 8.29. The fourth-order valence-electron chi connectivity index (χ4n) is 3.05. The van der Waals surface area contributed by atoms with Gasteiger partial charge in [-0.05, 0) is 37.5 Å². The van der Waals surface area contributed by atoms with Gasteiger partial charge in [-0.2, -0.15) is 0 Å². The van der Waals surface area contributed by atoms with E-state index in [9.17, 15) is 4.79 Å². The van der Waals surface area contributed by atoms with Crippen LogP contribution >= 0.6 is 0 Å². The second-order valence-corrected chi connectivity index (χ2v) is 6.12. The normalized spacial score (nSPS) is 19.2. The fourth-order valence-corrected chi connectivity index (χ4v) is 3.05. The van der Waals surface area contributed by atoms with E-state index in [1.165, 1.54) is 5.69 Å². The minimum absolute atomic E-state index is 0.0254. The van der Waals surface area contributed by atoms with Gasteiger partial charge >= 0.3 is 5.97 Å². The van der Waals surface area contributed by atoms with Crippen molar-refractivity contribution in [1.29, 1.82) is 0 Å². The molecule has 0 saturated carbocycles. The van der Waals surface area contributed by atoms with Crippen LogP contribution in [0.3, 0.4) is 0 Å². The lowest BCUT2D eigenvalue weighted by Crippen LogP contribution is -2.41. The molecular formula is C20H23NO2. The van der Waals surface area contributed by atoms with Crippen molar-refractivity contribution in [2.75, 3.05) is 18.0 Å². The van der Waals surface area contributed by atoms with E-state index in [2.05, 4.69) is 17.0 Å². The van der Waals surface area contributed by atoms with Crippen molar-refractivity contribution in [3.05, 3.63) is 66.2 Å². The average molecular weight is 309 g/mol. The standard InChI is InChI=1S/C20H23NO2/c1-16(17-9-4-2-5-10-17)20(22)23-19-13-8-14-21(15-19)18-11-6-3-7-12-18/h2-7,9-12,16,19H,8,13-15H2,1H3. The molecular weight excluding hydrogens is 286 g/mol. The highest BCUT2D eigenvalue weighted by Crippen LogP contribution is 2.23. The lowest BCUT2D eigenvalue weighted by molar-refractivity contribution is -0.150. The maximum Gasteiger partial charge on any atom is 0.313 e. The molecule has 1 saturated heterocycles. The molecule has 0 spiro atoms. The number of piperidine rings is 1. The number of nitrogens with zero attached hydrogens (tertiary/aromatic N) is 1. The fraction of sp³-hybridized carbons (Fsp3) is 0.350.